The van der Waals surface area contributed by atoms with Crippen molar-refractivity contribution in [1.82, 2.24) is 4.90 Å². The van der Waals surface area contributed by atoms with Gasteiger partial charge in [-0.3, -0.25) is 4.79 Å². The van der Waals surface area contributed by atoms with Gasteiger partial charge in [-0.1, -0.05) is 18.2 Å². The summed E-state index contributed by atoms with van der Waals surface area (Å²) in [6.07, 6.45) is 1.61. The third kappa shape index (κ3) is 1.43. The van der Waals surface area contributed by atoms with E-state index < -0.39 is 12.0 Å². The van der Waals surface area contributed by atoms with Crippen LogP contribution in [0.1, 0.15) is 30.7 Å². The highest BCUT2D eigenvalue weighted by Gasteiger charge is 2.51. The van der Waals surface area contributed by atoms with Crippen molar-refractivity contribution in [3.05, 3.63) is 29.8 Å². The molecule has 3 aliphatic heterocycles. The van der Waals surface area contributed by atoms with E-state index in [1.807, 2.05) is 24.3 Å². The molecule has 0 spiro atoms. The summed E-state index contributed by atoms with van der Waals surface area (Å²) in [5, 5.41) is 14.9. The first-order valence-corrected chi connectivity index (χ1v) is 7.04. The van der Waals surface area contributed by atoms with Gasteiger partial charge in [-0.15, -0.1) is 0 Å². The minimum Gasteiger partial charge on any atom is -0.548 e. The summed E-state index contributed by atoms with van der Waals surface area (Å²) < 4.78 is 0. The molecule has 3 aliphatic rings. The third-order valence-corrected chi connectivity index (χ3v) is 4.91. The highest BCUT2D eigenvalue weighted by atomic mass is 16.4. The lowest BCUT2D eigenvalue weighted by atomic mass is 9.80. The lowest BCUT2D eigenvalue weighted by Gasteiger charge is -2.45. The molecule has 1 N–H and O–H groups in total. The summed E-state index contributed by atoms with van der Waals surface area (Å²) in [6.45, 7) is 0. The fraction of sp³-hybridized carbons (Fsp3) is 0.467. The molecule has 4 atom stereocenters. The number of anilines is 1. The molecule has 0 aromatic heterocycles. The Hall–Kier alpha value is -2.04. The molecule has 20 heavy (non-hydrogen) atoms. The SMILES string of the molecule is O=C([O-])[C@@H]1C[C@H]2c3ccccc3N[C@H]2[C@H]2CCC(=O)N21. The van der Waals surface area contributed by atoms with Crippen molar-refractivity contribution >= 4 is 17.6 Å². The summed E-state index contributed by atoms with van der Waals surface area (Å²) >= 11 is 0. The van der Waals surface area contributed by atoms with Crippen molar-refractivity contribution in [1.29, 1.82) is 0 Å². The summed E-state index contributed by atoms with van der Waals surface area (Å²) in [7, 11) is 0. The smallest absolute Gasteiger partial charge is 0.223 e. The number of amides is 1. The largest absolute Gasteiger partial charge is 0.548 e. The van der Waals surface area contributed by atoms with E-state index in [2.05, 4.69) is 5.32 Å². The van der Waals surface area contributed by atoms with Crippen LogP contribution in [-0.4, -0.2) is 34.9 Å². The van der Waals surface area contributed by atoms with Gasteiger partial charge in [-0.2, -0.15) is 0 Å². The van der Waals surface area contributed by atoms with E-state index in [0.29, 0.717) is 12.8 Å². The van der Waals surface area contributed by atoms with Gasteiger partial charge in [0.25, 0.3) is 0 Å². The Morgan fingerprint density at radius 3 is 2.95 bits per heavy atom. The maximum Gasteiger partial charge on any atom is 0.223 e. The van der Waals surface area contributed by atoms with E-state index in [9.17, 15) is 14.7 Å². The molecule has 2 fully saturated rings. The van der Waals surface area contributed by atoms with Crippen LogP contribution in [0.2, 0.25) is 0 Å². The average Bonchev–Trinajstić information content (AvgIpc) is 2.99. The molecule has 3 heterocycles. The van der Waals surface area contributed by atoms with E-state index in [0.717, 1.165) is 12.1 Å². The second-order valence-electron chi connectivity index (χ2n) is 5.84. The number of carbonyl (C=O) groups is 2. The van der Waals surface area contributed by atoms with Gasteiger partial charge in [0, 0.05) is 18.0 Å². The van der Waals surface area contributed by atoms with Crippen molar-refractivity contribution in [3.63, 3.8) is 0 Å². The Labute approximate surface area is 116 Å². The Bertz CT molecular complexity index is 601. The molecule has 0 aliphatic carbocycles. The summed E-state index contributed by atoms with van der Waals surface area (Å²) in [5.74, 6) is -1.03. The molecule has 0 saturated carbocycles. The Morgan fingerprint density at radius 1 is 1.35 bits per heavy atom. The number of rotatable bonds is 1. The first-order chi connectivity index (χ1) is 9.66. The zero-order valence-electron chi connectivity index (χ0n) is 10.9. The molecule has 0 unspecified atom stereocenters. The number of nitrogens with zero attached hydrogens (tertiary/aromatic N) is 1. The Morgan fingerprint density at radius 2 is 2.15 bits per heavy atom. The fourth-order valence-corrected chi connectivity index (χ4v) is 4.11. The van der Waals surface area contributed by atoms with Crippen LogP contribution in [0.3, 0.4) is 0 Å². The number of aliphatic carboxylic acids is 1. The maximum absolute atomic E-state index is 12.0. The number of para-hydroxylation sites is 1. The van der Waals surface area contributed by atoms with Crippen molar-refractivity contribution in [3.8, 4) is 0 Å². The van der Waals surface area contributed by atoms with E-state index in [1.165, 1.54) is 5.56 Å². The molecule has 5 nitrogen and oxygen atoms in total. The minimum absolute atomic E-state index is 0.0310. The summed E-state index contributed by atoms with van der Waals surface area (Å²) in [5.41, 5.74) is 2.24. The first kappa shape index (κ1) is 11.8. The van der Waals surface area contributed by atoms with Crippen LogP contribution in [0, 0.1) is 0 Å². The second kappa shape index (κ2) is 3.98. The number of carboxylic acids is 1. The van der Waals surface area contributed by atoms with Gasteiger partial charge in [-0.25, -0.2) is 0 Å². The second-order valence-corrected chi connectivity index (χ2v) is 5.84. The number of benzene rings is 1. The highest BCUT2D eigenvalue weighted by Crippen LogP contribution is 2.47. The monoisotopic (exact) mass is 271 g/mol. The molecule has 104 valence electrons. The molecule has 0 bridgehead atoms. The quantitative estimate of drug-likeness (QED) is 0.785. The normalized spacial score (nSPS) is 34.2. The van der Waals surface area contributed by atoms with Crippen LogP contribution in [0.25, 0.3) is 0 Å². The highest BCUT2D eigenvalue weighted by molar-refractivity contribution is 5.86. The Kier molecular flexibility index (Phi) is 2.34. The molecule has 1 amide bonds. The summed E-state index contributed by atoms with van der Waals surface area (Å²) in [6, 6.07) is 7.32. The van der Waals surface area contributed by atoms with E-state index in [4.69, 9.17) is 0 Å². The van der Waals surface area contributed by atoms with Gasteiger partial charge < -0.3 is 20.1 Å². The first-order valence-electron chi connectivity index (χ1n) is 7.04. The van der Waals surface area contributed by atoms with Gasteiger partial charge >= 0.3 is 0 Å². The minimum atomic E-state index is -1.13. The molecular formula is C15H15N2O3-. The van der Waals surface area contributed by atoms with Crippen molar-refractivity contribution in [2.75, 3.05) is 5.32 Å². The van der Waals surface area contributed by atoms with Gasteiger partial charge in [0.2, 0.25) is 5.91 Å². The predicted molar refractivity (Wildman–Crippen MR) is 69.9 cm³/mol. The molecule has 0 radical (unpaired) electrons. The van der Waals surface area contributed by atoms with Crippen LogP contribution in [0.4, 0.5) is 5.69 Å². The van der Waals surface area contributed by atoms with Gasteiger partial charge in [-0.05, 0) is 24.5 Å². The predicted octanol–water partition coefficient (Wildman–Crippen LogP) is 0.0775. The Balaban J connectivity index is 1.76. The number of fused-ring (bicyclic) bond motifs is 5. The zero-order chi connectivity index (χ0) is 13.9. The van der Waals surface area contributed by atoms with Crippen LogP contribution in [0.5, 0.6) is 0 Å². The van der Waals surface area contributed by atoms with Gasteiger partial charge in [0.1, 0.15) is 0 Å². The number of nitrogens with one attached hydrogen (secondary N) is 1. The topological polar surface area (TPSA) is 72.5 Å². The molecule has 5 heteroatoms. The van der Waals surface area contributed by atoms with Gasteiger partial charge in [0.15, 0.2) is 0 Å². The number of carbonyl (C=O) groups excluding carboxylic acids is 2. The van der Waals surface area contributed by atoms with Gasteiger partial charge in [0.05, 0.1) is 24.1 Å². The standard InChI is InChI=1S/C15H16N2O3/c18-13-6-5-11-14-9(7-12(15(19)20)17(11)13)8-3-1-2-4-10(8)16-14/h1-4,9,11-12,14,16H,5-7H2,(H,19,20)/p-1/t9-,11+,12-,14+/m0/s1. The van der Waals surface area contributed by atoms with Crippen molar-refractivity contribution in [2.45, 2.75) is 43.3 Å². The number of piperidine rings is 1. The van der Waals surface area contributed by atoms with Crippen LogP contribution < -0.4 is 10.4 Å². The van der Waals surface area contributed by atoms with Crippen molar-refractivity contribution in [2.24, 2.45) is 0 Å². The third-order valence-electron chi connectivity index (χ3n) is 4.91. The van der Waals surface area contributed by atoms with Crippen LogP contribution >= 0.6 is 0 Å². The lowest BCUT2D eigenvalue weighted by Crippen LogP contribution is -2.60. The lowest BCUT2D eigenvalue weighted by molar-refractivity contribution is -0.312. The van der Waals surface area contributed by atoms with Crippen LogP contribution in [-0.2, 0) is 9.59 Å². The fourth-order valence-electron chi connectivity index (χ4n) is 4.11. The van der Waals surface area contributed by atoms with Crippen molar-refractivity contribution < 1.29 is 14.7 Å². The van der Waals surface area contributed by atoms with E-state index in [-0.39, 0.29) is 23.9 Å². The maximum atomic E-state index is 12.0. The average molecular weight is 271 g/mol. The van der Waals surface area contributed by atoms with E-state index >= 15 is 0 Å². The number of hydrogen-bond acceptors (Lipinski definition) is 4. The molecular weight excluding hydrogens is 256 g/mol. The number of hydrogen-bond donors (Lipinski definition) is 1. The number of carboxylic acid groups (broad SMARTS) is 1. The molecule has 2 saturated heterocycles. The zero-order valence-corrected chi connectivity index (χ0v) is 10.9. The van der Waals surface area contributed by atoms with E-state index in [1.54, 1.807) is 4.90 Å². The molecule has 4 rings (SSSR count). The summed E-state index contributed by atoms with van der Waals surface area (Å²) in [4.78, 5) is 25.0. The molecule has 1 aromatic carbocycles. The van der Waals surface area contributed by atoms with Crippen LogP contribution in [0.15, 0.2) is 24.3 Å². The molecule has 1 aromatic rings.